The third-order valence-corrected chi connectivity index (χ3v) is 7.78. The van der Waals surface area contributed by atoms with Crippen molar-refractivity contribution in [3.05, 3.63) is 54.1 Å². The average Bonchev–Trinajstić information content (AvgIpc) is 3.36. The van der Waals surface area contributed by atoms with Gasteiger partial charge in [0.15, 0.2) is 11.5 Å². The first kappa shape index (κ1) is 27.3. The highest BCUT2D eigenvalue weighted by Gasteiger charge is 2.32. The van der Waals surface area contributed by atoms with E-state index in [1.165, 1.54) is 11.8 Å². The maximum atomic E-state index is 13.7. The number of amides is 2. The van der Waals surface area contributed by atoms with Crippen LogP contribution in [0.2, 0.25) is 0 Å². The Morgan fingerprint density at radius 3 is 2.42 bits per heavy atom. The Morgan fingerprint density at radius 2 is 1.75 bits per heavy atom. The minimum atomic E-state index is -3.80. The highest BCUT2D eigenvalue weighted by molar-refractivity contribution is 7.92. The monoisotopic (exact) mass is 517 g/mol. The molecule has 1 heterocycles. The molecule has 0 saturated heterocycles. The summed E-state index contributed by atoms with van der Waals surface area (Å²) in [5.41, 5.74) is 1.33. The van der Waals surface area contributed by atoms with E-state index in [1.807, 2.05) is 44.2 Å². The quantitative estimate of drug-likeness (QED) is 0.438. The Bertz CT molecular complexity index is 1140. The number of carbonyl (C=O) groups is 2. The van der Waals surface area contributed by atoms with Crippen LogP contribution in [0.3, 0.4) is 0 Å². The van der Waals surface area contributed by atoms with Crippen LogP contribution in [0.15, 0.2) is 48.5 Å². The standard InChI is InChI=1S/C26H35N3O6S/c1-4-15-27-26(31)22(5-2)28(16-14-20-10-8-7-9-11-20)25(30)18-29(36(32,33)6-3)21-12-13-23-24(17-21)35-19-34-23/h7-13,17,22H,4-6,14-16,18-19H2,1-3H3,(H,27,31). The van der Waals surface area contributed by atoms with Gasteiger partial charge in [-0.3, -0.25) is 13.9 Å². The Hall–Kier alpha value is -3.27. The Labute approximate surface area is 213 Å². The molecule has 0 aromatic heterocycles. The molecule has 1 atom stereocenters. The lowest BCUT2D eigenvalue weighted by molar-refractivity contribution is -0.139. The number of carbonyl (C=O) groups excluding carboxylic acids is 2. The molecule has 1 N–H and O–H groups in total. The molecule has 1 aliphatic heterocycles. The number of hydrogen-bond donors (Lipinski definition) is 1. The molecule has 0 radical (unpaired) electrons. The average molecular weight is 518 g/mol. The van der Waals surface area contributed by atoms with E-state index in [4.69, 9.17) is 9.47 Å². The number of nitrogens with one attached hydrogen (secondary N) is 1. The molecule has 3 rings (SSSR count). The summed E-state index contributed by atoms with van der Waals surface area (Å²) in [6.07, 6.45) is 1.71. The van der Waals surface area contributed by atoms with Crippen molar-refractivity contribution in [2.24, 2.45) is 0 Å². The molecular weight excluding hydrogens is 482 g/mol. The zero-order valence-electron chi connectivity index (χ0n) is 21.1. The number of benzene rings is 2. The number of nitrogens with zero attached hydrogens (tertiary/aromatic N) is 2. The maximum Gasteiger partial charge on any atom is 0.244 e. The predicted molar refractivity (Wildman–Crippen MR) is 139 cm³/mol. The molecule has 9 nitrogen and oxygen atoms in total. The van der Waals surface area contributed by atoms with Crippen molar-refractivity contribution >= 4 is 27.5 Å². The topological polar surface area (TPSA) is 105 Å². The van der Waals surface area contributed by atoms with Gasteiger partial charge in [-0.15, -0.1) is 0 Å². The molecule has 196 valence electrons. The zero-order chi connectivity index (χ0) is 26.1. The largest absolute Gasteiger partial charge is 0.454 e. The summed E-state index contributed by atoms with van der Waals surface area (Å²) in [7, 11) is -3.80. The van der Waals surface area contributed by atoms with Crippen molar-refractivity contribution in [3.63, 3.8) is 0 Å². The molecule has 0 aliphatic carbocycles. The number of ether oxygens (including phenoxy) is 2. The molecule has 36 heavy (non-hydrogen) atoms. The van der Waals surface area contributed by atoms with E-state index in [9.17, 15) is 18.0 Å². The minimum absolute atomic E-state index is 0.0521. The van der Waals surface area contributed by atoms with Gasteiger partial charge in [0.1, 0.15) is 12.6 Å². The second kappa shape index (κ2) is 12.6. The highest BCUT2D eigenvalue weighted by atomic mass is 32.2. The Kier molecular flexibility index (Phi) is 9.58. The SMILES string of the molecule is CCCNC(=O)C(CC)N(CCc1ccccc1)C(=O)CN(c1ccc2c(c1)OCO2)S(=O)(=O)CC. The lowest BCUT2D eigenvalue weighted by Crippen LogP contribution is -2.53. The third-order valence-electron chi connectivity index (χ3n) is 6.04. The van der Waals surface area contributed by atoms with E-state index in [0.717, 1.165) is 16.3 Å². The lowest BCUT2D eigenvalue weighted by Gasteiger charge is -2.33. The van der Waals surface area contributed by atoms with Crippen LogP contribution in [0.4, 0.5) is 5.69 Å². The summed E-state index contributed by atoms with van der Waals surface area (Å²) < 4.78 is 37.9. The smallest absolute Gasteiger partial charge is 0.244 e. The van der Waals surface area contributed by atoms with Crippen LogP contribution in [0, 0.1) is 0 Å². The summed E-state index contributed by atoms with van der Waals surface area (Å²) in [5.74, 6) is 0.0601. The number of fused-ring (bicyclic) bond motifs is 1. The molecule has 0 bridgehead atoms. The maximum absolute atomic E-state index is 13.7. The van der Waals surface area contributed by atoms with Crippen molar-refractivity contribution in [1.29, 1.82) is 0 Å². The van der Waals surface area contributed by atoms with Gasteiger partial charge in [0.05, 0.1) is 11.4 Å². The molecule has 2 aromatic carbocycles. The molecule has 0 fully saturated rings. The summed E-state index contributed by atoms with van der Waals surface area (Å²) in [6.45, 7) is 5.74. The third kappa shape index (κ3) is 6.69. The summed E-state index contributed by atoms with van der Waals surface area (Å²) in [4.78, 5) is 28.2. The number of sulfonamides is 1. The van der Waals surface area contributed by atoms with Crippen LogP contribution in [0.25, 0.3) is 0 Å². The predicted octanol–water partition coefficient (Wildman–Crippen LogP) is 2.95. The summed E-state index contributed by atoms with van der Waals surface area (Å²) in [6, 6.07) is 13.7. The Morgan fingerprint density at radius 1 is 1.03 bits per heavy atom. The second-order valence-electron chi connectivity index (χ2n) is 8.48. The normalized spacial score (nSPS) is 13.2. The first-order valence-corrected chi connectivity index (χ1v) is 13.9. The van der Waals surface area contributed by atoms with Gasteiger partial charge in [0, 0.05) is 19.2 Å². The molecule has 0 spiro atoms. The fraction of sp³-hybridized carbons (Fsp3) is 0.462. The van der Waals surface area contributed by atoms with Gasteiger partial charge in [0.2, 0.25) is 28.6 Å². The first-order chi connectivity index (χ1) is 17.3. The van der Waals surface area contributed by atoms with Gasteiger partial charge in [-0.25, -0.2) is 8.42 Å². The first-order valence-electron chi connectivity index (χ1n) is 12.3. The van der Waals surface area contributed by atoms with E-state index < -0.39 is 28.5 Å². The van der Waals surface area contributed by atoms with Crippen LogP contribution in [-0.4, -0.2) is 63.4 Å². The van der Waals surface area contributed by atoms with E-state index in [0.29, 0.717) is 36.6 Å². The van der Waals surface area contributed by atoms with E-state index >= 15 is 0 Å². The molecule has 10 heteroatoms. The second-order valence-corrected chi connectivity index (χ2v) is 10.7. The molecule has 2 amide bonds. The fourth-order valence-corrected chi connectivity index (χ4v) is 5.08. The van der Waals surface area contributed by atoms with Crippen LogP contribution in [0.5, 0.6) is 11.5 Å². The van der Waals surface area contributed by atoms with Crippen molar-refractivity contribution in [1.82, 2.24) is 10.2 Å². The molecular formula is C26H35N3O6S. The fourth-order valence-electron chi connectivity index (χ4n) is 4.02. The van der Waals surface area contributed by atoms with Crippen molar-refractivity contribution in [2.75, 3.05) is 36.5 Å². The summed E-state index contributed by atoms with van der Waals surface area (Å²) in [5, 5.41) is 2.88. The molecule has 2 aromatic rings. The minimum Gasteiger partial charge on any atom is -0.454 e. The number of anilines is 1. The van der Waals surface area contributed by atoms with Crippen LogP contribution in [0.1, 0.15) is 39.2 Å². The van der Waals surface area contributed by atoms with Gasteiger partial charge < -0.3 is 19.7 Å². The van der Waals surface area contributed by atoms with E-state index in [1.54, 1.807) is 18.2 Å². The van der Waals surface area contributed by atoms with Gasteiger partial charge >= 0.3 is 0 Å². The zero-order valence-corrected chi connectivity index (χ0v) is 21.9. The highest BCUT2D eigenvalue weighted by Crippen LogP contribution is 2.36. The lowest BCUT2D eigenvalue weighted by atomic mass is 10.1. The molecule has 0 saturated carbocycles. The number of hydrogen-bond acceptors (Lipinski definition) is 6. The van der Waals surface area contributed by atoms with Gasteiger partial charge in [-0.2, -0.15) is 0 Å². The van der Waals surface area contributed by atoms with Crippen molar-refractivity contribution in [2.45, 2.75) is 46.1 Å². The molecule has 1 aliphatic rings. The van der Waals surface area contributed by atoms with E-state index in [-0.39, 0.29) is 25.0 Å². The van der Waals surface area contributed by atoms with Crippen LogP contribution >= 0.6 is 0 Å². The summed E-state index contributed by atoms with van der Waals surface area (Å²) >= 11 is 0. The Balaban J connectivity index is 1.90. The van der Waals surface area contributed by atoms with Gasteiger partial charge in [0.25, 0.3) is 0 Å². The van der Waals surface area contributed by atoms with Crippen LogP contribution in [-0.2, 0) is 26.0 Å². The molecule has 1 unspecified atom stereocenters. The van der Waals surface area contributed by atoms with Crippen molar-refractivity contribution < 1.29 is 27.5 Å². The van der Waals surface area contributed by atoms with E-state index in [2.05, 4.69) is 5.32 Å². The number of rotatable bonds is 13. The van der Waals surface area contributed by atoms with Crippen LogP contribution < -0.4 is 19.1 Å². The van der Waals surface area contributed by atoms with Gasteiger partial charge in [-0.1, -0.05) is 44.2 Å². The van der Waals surface area contributed by atoms with Gasteiger partial charge in [-0.05, 0) is 43.9 Å². The van der Waals surface area contributed by atoms with Crippen molar-refractivity contribution in [3.8, 4) is 11.5 Å².